The molecule has 0 aromatic heterocycles. The van der Waals surface area contributed by atoms with E-state index in [0.717, 1.165) is 0 Å². The number of terminal acetylenes is 1. The van der Waals surface area contributed by atoms with E-state index in [0.29, 0.717) is 4.47 Å². The first kappa shape index (κ1) is 12.5. The van der Waals surface area contributed by atoms with Gasteiger partial charge in [0.2, 0.25) is 10.0 Å². The lowest BCUT2D eigenvalue weighted by Crippen LogP contribution is -2.24. The highest BCUT2D eigenvalue weighted by molar-refractivity contribution is 9.10. The Labute approximate surface area is 102 Å². The molecule has 0 amide bonds. The predicted molar refractivity (Wildman–Crippen MR) is 63.2 cm³/mol. The van der Waals surface area contributed by atoms with Crippen molar-refractivity contribution in [3.8, 4) is 12.3 Å². The molecule has 0 unspecified atom stereocenters. The summed E-state index contributed by atoms with van der Waals surface area (Å²) in [6, 6.07) is 4.51. The van der Waals surface area contributed by atoms with Crippen LogP contribution in [0.4, 0.5) is 0 Å². The molecule has 6 heteroatoms. The number of rotatable bonds is 3. The summed E-state index contributed by atoms with van der Waals surface area (Å²) >= 11 is 8.98. The number of halogens is 2. The van der Waals surface area contributed by atoms with Gasteiger partial charge in [0, 0.05) is 4.47 Å². The second-order valence-corrected chi connectivity index (χ2v) is 5.66. The molecule has 1 N–H and O–H groups in total. The summed E-state index contributed by atoms with van der Waals surface area (Å²) in [7, 11) is -3.62. The molecule has 0 atom stereocenters. The van der Waals surface area contributed by atoms with E-state index in [1.54, 1.807) is 6.07 Å². The van der Waals surface area contributed by atoms with Crippen LogP contribution in [-0.2, 0) is 10.0 Å². The zero-order valence-corrected chi connectivity index (χ0v) is 10.7. The third kappa shape index (κ3) is 3.21. The molecule has 3 nitrogen and oxygen atoms in total. The second kappa shape index (κ2) is 4.99. The van der Waals surface area contributed by atoms with Gasteiger partial charge in [-0.05, 0) is 18.2 Å². The lowest BCUT2D eigenvalue weighted by molar-refractivity contribution is 0.586. The van der Waals surface area contributed by atoms with E-state index in [2.05, 4.69) is 26.6 Å². The molecule has 1 aromatic carbocycles. The Kier molecular flexibility index (Phi) is 4.17. The first-order valence-corrected chi connectivity index (χ1v) is 6.51. The van der Waals surface area contributed by atoms with E-state index in [4.69, 9.17) is 18.0 Å². The molecule has 0 spiro atoms. The molecule has 0 aliphatic heterocycles. The van der Waals surface area contributed by atoms with Crippen LogP contribution in [-0.4, -0.2) is 15.0 Å². The van der Waals surface area contributed by atoms with Gasteiger partial charge in [-0.25, -0.2) is 8.42 Å². The standard InChI is InChI=1S/C9H7BrClNO2S/c1-2-5-12-15(13,14)9-4-3-7(10)6-8(9)11/h1,3-4,6,12H,5H2. The highest BCUT2D eigenvalue weighted by atomic mass is 79.9. The van der Waals surface area contributed by atoms with Crippen LogP contribution in [0.5, 0.6) is 0 Å². The van der Waals surface area contributed by atoms with Gasteiger partial charge in [0.15, 0.2) is 0 Å². The number of hydrogen-bond donors (Lipinski definition) is 1. The number of nitrogens with one attached hydrogen (secondary N) is 1. The minimum atomic E-state index is -3.62. The van der Waals surface area contributed by atoms with Crippen LogP contribution < -0.4 is 4.72 Å². The van der Waals surface area contributed by atoms with Crippen molar-refractivity contribution in [2.24, 2.45) is 0 Å². The molecule has 0 bridgehead atoms. The fraction of sp³-hybridized carbons (Fsp3) is 0.111. The van der Waals surface area contributed by atoms with Gasteiger partial charge in [0.1, 0.15) is 4.90 Å². The summed E-state index contributed by atoms with van der Waals surface area (Å²) in [5.74, 6) is 2.18. The van der Waals surface area contributed by atoms with Crippen LogP contribution in [0.15, 0.2) is 27.6 Å². The Balaban J connectivity index is 3.12. The van der Waals surface area contributed by atoms with E-state index in [1.165, 1.54) is 12.1 Å². The van der Waals surface area contributed by atoms with Crippen molar-refractivity contribution in [1.29, 1.82) is 0 Å². The molecule has 0 saturated carbocycles. The normalized spacial score (nSPS) is 11.0. The Morgan fingerprint density at radius 3 is 2.73 bits per heavy atom. The topological polar surface area (TPSA) is 46.2 Å². The molecular formula is C9H7BrClNO2S. The number of benzene rings is 1. The third-order valence-corrected chi connectivity index (χ3v) is 3.93. The molecule has 0 aliphatic rings. The second-order valence-electron chi connectivity index (χ2n) is 2.60. The number of sulfonamides is 1. The maximum Gasteiger partial charge on any atom is 0.242 e. The molecule has 0 saturated heterocycles. The monoisotopic (exact) mass is 307 g/mol. The minimum Gasteiger partial charge on any atom is -0.207 e. The van der Waals surface area contributed by atoms with E-state index in [9.17, 15) is 8.42 Å². The highest BCUT2D eigenvalue weighted by Gasteiger charge is 2.16. The summed E-state index contributed by atoms with van der Waals surface area (Å²) in [6.07, 6.45) is 4.96. The van der Waals surface area contributed by atoms with Gasteiger partial charge in [-0.1, -0.05) is 33.5 Å². The average molecular weight is 309 g/mol. The average Bonchev–Trinajstić information content (AvgIpc) is 2.14. The molecule has 0 fully saturated rings. The minimum absolute atomic E-state index is 0.0163. The summed E-state index contributed by atoms with van der Waals surface area (Å²) in [5.41, 5.74) is 0. The SMILES string of the molecule is C#CCNS(=O)(=O)c1ccc(Br)cc1Cl. The first-order chi connectivity index (χ1) is 6.97. The smallest absolute Gasteiger partial charge is 0.207 e. The van der Waals surface area contributed by atoms with Crippen LogP contribution in [0.3, 0.4) is 0 Å². The molecule has 80 valence electrons. The zero-order valence-electron chi connectivity index (χ0n) is 7.50. The van der Waals surface area contributed by atoms with Crippen molar-refractivity contribution in [2.45, 2.75) is 4.90 Å². The van der Waals surface area contributed by atoms with Gasteiger partial charge in [0.25, 0.3) is 0 Å². The number of hydrogen-bond acceptors (Lipinski definition) is 2. The van der Waals surface area contributed by atoms with E-state index in [-0.39, 0.29) is 16.5 Å². The van der Waals surface area contributed by atoms with Crippen LogP contribution >= 0.6 is 27.5 Å². The van der Waals surface area contributed by atoms with Crippen LogP contribution in [0, 0.1) is 12.3 Å². The molecule has 0 radical (unpaired) electrons. The van der Waals surface area contributed by atoms with Gasteiger partial charge in [-0.3, -0.25) is 0 Å². The van der Waals surface area contributed by atoms with Crippen molar-refractivity contribution < 1.29 is 8.42 Å². The van der Waals surface area contributed by atoms with Gasteiger partial charge in [-0.15, -0.1) is 6.42 Å². The van der Waals surface area contributed by atoms with Crippen LogP contribution in [0.2, 0.25) is 5.02 Å². The van der Waals surface area contributed by atoms with Crippen molar-refractivity contribution in [1.82, 2.24) is 4.72 Å². The van der Waals surface area contributed by atoms with Crippen molar-refractivity contribution in [3.63, 3.8) is 0 Å². The van der Waals surface area contributed by atoms with Gasteiger partial charge < -0.3 is 0 Å². The predicted octanol–water partition coefficient (Wildman–Crippen LogP) is 2.01. The molecular weight excluding hydrogens is 302 g/mol. The van der Waals surface area contributed by atoms with Crippen LogP contribution in [0.25, 0.3) is 0 Å². The van der Waals surface area contributed by atoms with Crippen molar-refractivity contribution in [3.05, 3.63) is 27.7 Å². The Hall–Kier alpha value is -0.540. The maximum atomic E-state index is 11.6. The third-order valence-electron chi connectivity index (χ3n) is 1.55. The molecule has 1 aromatic rings. The van der Waals surface area contributed by atoms with E-state index >= 15 is 0 Å². The summed E-state index contributed by atoms with van der Waals surface area (Å²) in [5, 5.41) is 0.147. The fourth-order valence-electron chi connectivity index (χ4n) is 0.908. The Morgan fingerprint density at radius 2 is 2.20 bits per heavy atom. The molecule has 15 heavy (non-hydrogen) atoms. The molecule has 1 rings (SSSR count). The zero-order chi connectivity index (χ0) is 11.5. The summed E-state index contributed by atoms with van der Waals surface area (Å²) < 4.78 is 26.2. The Morgan fingerprint density at radius 1 is 1.53 bits per heavy atom. The van der Waals surface area contributed by atoms with Crippen molar-refractivity contribution in [2.75, 3.05) is 6.54 Å². The van der Waals surface area contributed by atoms with Gasteiger partial charge in [-0.2, -0.15) is 4.72 Å². The van der Waals surface area contributed by atoms with E-state index < -0.39 is 10.0 Å². The quantitative estimate of drug-likeness (QED) is 0.868. The highest BCUT2D eigenvalue weighted by Crippen LogP contribution is 2.24. The largest absolute Gasteiger partial charge is 0.242 e. The first-order valence-electron chi connectivity index (χ1n) is 3.85. The van der Waals surface area contributed by atoms with Gasteiger partial charge >= 0.3 is 0 Å². The fourth-order valence-corrected chi connectivity index (χ4v) is 2.88. The molecule has 0 aliphatic carbocycles. The maximum absolute atomic E-state index is 11.6. The lowest BCUT2D eigenvalue weighted by Gasteiger charge is -2.06. The van der Waals surface area contributed by atoms with Crippen LogP contribution in [0.1, 0.15) is 0 Å². The van der Waals surface area contributed by atoms with Crippen molar-refractivity contribution >= 4 is 37.6 Å². The Bertz CT molecular complexity index is 507. The summed E-state index contributed by atoms with van der Waals surface area (Å²) in [4.78, 5) is 0.0163. The van der Waals surface area contributed by atoms with E-state index in [1.807, 2.05) is 0 Å². The molecule has 0 heterocycles. The van der Waals surface area contributed by atoms with Gasteiger partial charge in [0.05, 0.1) is 11.6 Å². The lowest BCUT2D eigenvalue weighted by atomic mass is 10.4. The summed E-state index contributed by atoms with van der Waals surface area (Å²) in [6.45, 7) is -0.0608.